The van der Waals surface area contributed by atoms with Gasteiger partial charge < -0.3 is 0 Å². The molecule has 2 aromatic rings. The summed E-state index contributed by atoms with van der Waals surface area (Å²) in [5.74, 6) is 1.44. The van der Waals surface area contributed by atoms with Crippen LogP contribution < -0.4 is 32.7 Å². The van der Waals surface area contributed by atoms with Crippen molar-refractivity contribution in [2.45, 2.75) is 39.2 Å². The Morgan fingerprint density at radius 2 is 2.08 bits per heavy atom. The van der Waals surface area contributed by atoms with Crippen LogP contribution in [0.5, 0.6) is 0 Å². The van der Waals surface area contributed by atoms with E-state index in [-0.39, 0.29) is 33.1 Å². The van der Waals surface area contributed by atoms with E-state index < -0.39 is 0 Å². The van der Waals surface area contributed by atoms with Crippen LogP contribution in [0.2, 0.25) is 0 Å². The molecular formula is C17H25IN5O2-. The second-order valence-electron chi connectivity index (χ2n) is 6.38. The number of hydrogen-bond acceptors (Lipinski definition) is 5. The van der Waals surface area contributed by atoms with Crippen molar-refractivity contribution >= 4 is 5.91 Å². The summed E-state index contributed by atoms with van der Waals surface area (Å²) in [6, 6.07) is 7.73. The van der Waals surface area contributed by atoms with E-state index in [2.05, 4.69) is 20.5 Å². The summed E-state index contributed by atoms with van der Waals surface area (Å²) in [5.41, 5.74) is 7.02. The molecule has 1 heterocycles. The van der Waals surface area contributed by atoms with Crippen molar-refractivity contribution in [1.82, 2.24) is 20.5 Å². The molecule has 0 aliphatic heterocycles. The third kappa shape index (κ3) is 6.71. The number of nitrogens with two attached hydrogens (primary N) is 1. The number of carbonyl (C=O) groups excluding carboxylic acids is 1. The number of aromatic amines is 1. The number of amides is 1. The van der Waals surface area contributed by atoms with Gasteiger partial charge in [0.25, 0.3) is 0 Å². The molecule has 25 heavy (non-hydrogen) atoms. The molecule has 0 fully saturated rings. The Balaban J connectivity index is 1.85. The molecule has 4 N–H and O–H groups in total. The van der Waals surface area contributed by atoms with Crippen molar-refractivity contribution in [3.63, 3.8) is 0 Å². The maximum atomic E-state index is 12.3. The van der Waals surface area contributed by atoms with Gasteiger partial charge in [0.15, 0.2) is 0 Å². The number of aromatic nitrogens is 3. The summed E-state index contributed by atoms with van der Waals surface area (Å²) in [6.07, 6.45) is 1.11. The van der Waals surface area contributed by atoms with Crippen LogP contribution in [0.15, 0.2) is 24.3 Å². The number of nitrogens with zero attached hydrogens (tertiary/aromatic N) is 2. The molecule has 0 aliphatic rings. The van der Waals surface area contributed by atoms with E-state index in [0.29, 0.717) is 23.4 Å². The maximum Gasteiger partial charge on any atom is -0.154 e. The van der Waals surface area contributed by atoms with Crippen LogP contribution in [0.25, 0.3) is 11.4 Å². The fourth-order valence-electron chi connectivity index (χ4n) is 2.31. The molecule has 0 radical (unpaired) electrons. The summed E-state index contributed by atoms with van der Waals surface area (Å²) < 4.78 is 6.11. The van der Waals surface area contributed by atoms with Crippen molar-refractivity contribution < 1.29 is 29.5 Å². The molecule has 138 valence electrons. The third-order valence-corrected chi connectivity index (χ3v) is 4.84. The number of nitrogens with one attached hydrogen (secondary N) is 2. The van der Waals surface area contributed by atoms with Crippen molar-refractivity contribution in [3.05, 3.63) is 35.7 Å². The Morgan fingerprint density at radius 3 is 2.68 bits per heavy atom. The first-order valence-corrected chi connectivity index (χ1v) is 10.5. The minimum absolute atomic E-state index is 0.0000108. The molecule has 0 aliphatic carbocycles. The number of hydrogen-bond donors (Lipinski definition) is 3. The monoisotopic (exact) mass is 458 g/mol. The number of halogens is 1. The van der Waals surface area contributed by atoms with Crippen molar-refractivity contribution in [3.8, 4) is 11.4 Å². The summed E-state index contributed by atoms with van der Waals surface area (Å²) in [7, 11) is 0. The van der Waals surface area contributed by atoms with Crippen LogP contribution in [-0.4, -0.2) is 37.8 Å². The third-order valence-electron chi connectivity index (χ3n) is 3.60. The van der Waals surface area contributed by atoms with Crippen LogP contribution in [0, 0.1) is 6.92 Å². The van der Waals surface area contributed by atoms with E-state index in [0.717, 1.165) is 23.4 Å². The number of H-pyrrole nitrogens is 1. The zero-order chi connectivity index (χ0) is 18.3. The van der Waals surface area contributed by atoms with Gasteiger partial charge in [0, 0.05) is 0 Å². The average molecular weight is 458 g/mol. The topological polar surface area (TPSA) is 106 Å². The minimum Gasteiger partial charge on any atom is -0.263 e. The van der Waals surface area contributed by atoms with E-state index in [9.17, 15) is 4.79 Å². The molecule has 0 saturated heterocycles. The van der Waals surface area contributed by atoms with E-state index >= 15 is 0 Å². The van der Waals surface area contributed by atoms with Gasteiger partial charge in [-0.05, 0) is 6.92 Å². The zero-order valence-corrected chi connectivity index (χ0v) is 17.0. The van der Waals surface area contributed by atoms with Gasteiger partial charge in [0.2, 0.25) is 0 Å². The van der Waals surface area contributed by atoms with Gasteiger partial charge in [-0.2, -0.15) is 5.10 Å². The SMILES string of the molecule is Cc1nc(-c2ccc(CC(=O)NC(C)(C)CCO[I-]CN)cc2)n[nH]1. The zero-order valence-electron chi connectivity index (χ0n) is 14.8. The van der Waals surface area contributed by atoms with Gasteiger partial charge in [-0.1, -0.05) is 0 Å². The largest absolute Gasteiger partial charge is 0.263 e. The van der Waals surface area contributed by atoms with Crippen LogP contribution in [0.3, 0.4) is 0 Å². The Kier molecular flexibility index (Phi) is 7.33. The minimum atomic E-state index is -0.357. The molecule has 0 unspecified atom stereocenters. The second kappa shape index (κ2) is 9.25. The smallest absolute Gasteiger partial charge is 0.154 e. The molecule has 2 rings (SSSR count). The predicted octanol–water partition coefficient (Wildman–Crippen LogP) is -1.46. The average Bonchev–Trinajstić information content (AvgIpc) is 2.98. The van der Waals surface area contributed by atoms with E-state index in [4.69, 9.17) is 8.80 Å². The molecule has 0 bridgehead atoms. The summed E-state index contributed by atoms with van der Waals surface area (Å²) in [5, 5.41) is 10.0. The first-order valence-electron chi connectivity index (χ1n) is 8.10. The molecule has 0 atom stereocenters. The first kappa shape index (κ1) is 19.8. The summed E-state index contributed by atoms with van der Waals surface area (Å²) in [4.78, 5) is 16.6. The van der Waals surface area contributed by atoms with E-state index in [1.807, 2.05) is 45.0 Å². The molecule has 8 heteroatoms. The standard InChI is InChI=1S/C17H25IN5O2/c1-12-20-16(23-22-12)14-6-4-13(5-7-14)10-15(24)21-17(2,3)8-9-25-18-11-19/h4-7H,8-11,19H2,1-3H3,(H,21,24)(H,20,22,23)/q-1. The predicted molar refractivity (Wildman–Crippen MR) is 92.1 cm³/mol. The molecule has 0 spiro atoms. The number of benzene rings is 1. The summed E-state index contributed by atoms with van der Waals surface area (Å²) in [6.45, 7) is 6.50. The van der Waals surface area contributed by atoms with Gasteiger partial charge >= 0.3 is 131 Å². The molecular weight excluding hydrogens is 433 g/mol. The van der Waals surface area contributed by atoms with Crippen LogP contribution >= 0.6 is 0 Å². The van der Waals surface area contributed by atoms with Crippen molar-refractivity contribution in [2.75, 3.05) is 11.2 Å². The Labute approximate surface area is 158 Å². The van der Waals surface area contributed by atoms with Crippen LogP contribution in [0.4, 0.5) is 0 Å². The normalized spacial score (nSPS) is 11.7. The number of rotatable bonds is 9. The molecule has 1 amide bonds. The van der Waals surface area contributed by atoms with Crippen molar-refractivity contribution in [2.24, 2.45) is 5.73 Å². The summed E-state index contributed by atoms with van der Waals surface area (Å²) >= 11 is -0.357. The Morgan fingerprint density at radius 1 is 1.36 bits per heavy atom. The molecule has 1 aromatic carbocycles. The van der Waals surface area contributed by atoms with Gasteiger partial charge in [-0.15, -0.1) is 0 Å². The van der Waals surface area contributed by atoms with Gasteiger partial charge in [-0.3, -0.25) is 5.10 Å². The van der Waals surface area contributed by atoms with Gasteiger partial charge in [0.1, 0.15) is 5.82 Å². The second-order valence-corrected chi connectivity index (χ2v) is 8.50. The fraction of sp³-hybridized carbons (Fsp3) is 0.471. The van der Waals surface area contributed by atoms with Crippen LogP contribution in [-0.2, 0) is 14.3 Å². The molecule has 1 aromatic heterocycles. The molecule has 0 saturated carbocycles. The van der Waals surface area contributed by atoms with Crippen molar-refractivity contribution in [1.29, 1.82) is 0 Å². The number of carbonyl (C=O) groups is 1. The maximum absolute atomic E-state index is 12.3. The first-order chi connectivity index (χ1) is 11.9. The quantitative estimate of drug-likeness (QED) is 0.185. The van der Waals surface area contributed by atoms with E-state index in [1.54, 1.807) is 0 Å². The molecule has 7 nitrogen and oxygen atoms in total. The van der Waals surface area contributed by atoms with Crippen LogP contribution in [0.1, 0.15) is 31.7 Å². The van der Waals surface area contributed by atoms with Gasteiger partial charge in [-0.25, -0.2) is 4.98 Å². The Hall–Kier alpha value is -1.52. The number of alkyl halides is 1. The Bertz CT molecular complexity index is 685. The van der Waals surface area contributed by atoms with Gasteiger partial charge in [0.05, 0.1) is 0 Å². The van der Waals surface area contributed by atoms with E-state index in [1.165, 1.54) is 0 Å². The fourth-order valence-corrected chi connectivity index (χ4v) is 3.09. The number of aryl methyl sites for hydroxylation is 1.